The fraction of sp³-hybridized carbons (Fsp3) is 0.333. The third-order valence-electron chi connectivity index (χ3n) is 2.78. The number of para-hydroxylation sites is 1. The zero-order valence-electron chi connectivity index (χ0n) is 13.9. The highest BCUT2D eigenvalue weighted by Crippen LogP contribution is 2.27. The Morgan fingerprint density at radius 3 is 2.41 bits per heavy atom. The molecule has 1 aromatic carbocycles. The Balaban J connectivity index is 0.000000640. The van der Waals surface area contributed by atoms with Crippen molar-refractivity contribution in [3.05, 3.63) is 54.3 Å². The molecule has 2 rings (SSSR count). The van der Waals surface area contributed by atoms with Crippen molar-refractivity contribution in [3.8, 4) is 0 Å². The molecule has 0 saturated carbocycles. The lowest BCUT2D eigenvalue weighted by atomic mass is 10.0. The molecule has 0 unspecified atom stereocenters. The molecule has 0 atom stereocenters. The first-order chi connectivity index (χ1) is 10.5. The number of nitrogens with two attached hydrogens (primary N) is 1. The van der Waals surface area contributed by atoms with Crippen molar-refractivity contribution in [2.24, 2.45) is 5.73 Å². The number of ketones is 1. The highest BCUT2D eigenvalue weighted by molar-refractivity contribution is 6.07. The molecule has 0 bridgehead atoms. The maximum absolute atomic E-state index is 11.9. The number of carbonyl (C=O) groups is 2. The number of amides is 2. The number of hydrogen-bond acceptors (Lipinski definition) is 2. The number of urea groups is 1. The second-order valence-corrected chi connectivity index (χ2v) is 4.50. The van der Waals surface area contributed by atoms with Gasteiger partial charge in [0.25, 0.3) is 0 Å². The lowest BCUT2D eigenvalue weighted by molar-refractivity contribution is 0.0994. The molecule has 0 fully saturated rings. The van der Waals surface area contributed by atoms with E-state index in [1.54, 1.807) is 37.4 Å². The molecular weight excluding hydrogens is 276 g/mol. The minimum Gasteiger partial charge on any atom is -0.351 e. The normalized spacial score (nSPS) is 12.5. The number of benzene rings is 1. The van der Waals surface area contributed by atoms with Gasteiger partial charge in [0.1, 0.15) is 0 Å². The number of primary amides is 1. The van der Waals surface area contributed by atoms with E-state index < -0.39 is 6.03 Å². The molecule has 120 valence electrons. The smallest absolute Gasteiger partial charge is 0.323 e. The molecule has 4 nitrogen and oxygen atoms in total. The first kappa shape index (κ1) is 19.6. The second-order valence-electron chi connectivity index (χ2n) is 4.50. The number of fused-ring (bicyclic) bond motifs is 1. The Morgan fingerprint density at radius 1 is 1.36 bits per heavy atom. The molecule has 4 heteroatoms. The summed E-state index contributed by atoms with van der Waals surface area (Å²) in [5, 5.41) is 0. The summed E-state index contributed by atoms with van der Waals surface area (Å²) in [4.78, 5) is 24.5. The van der Waals surface area contributed by atoms with Crippen LogP contribution in [0.2, 0.25) is 0 Å². The lowest BCUT2D eigenvalue weighted by Crippen LogP contribution is -2.31. The Kier molecular flexibility index (Phi) is 9.27. The van der Waals surface area contributed by atoms with Crippen LogP contribution in [0, 0.1) is 0 Å². The predicted molar refractivity (Wildman–Crippen MR) is 93.0 cm³/mol. The van der Waals surface area contributed by atoms with Gasteiger partial charge in [0.15, 0.2) is 5.78 Å². The van der Waals surface area contributed by atoms with Gasteiger partial charge in [0, 0.05) is 18.2 Å². The summed E-state index contributed by atoms with van der Waals surface area (Å²) in [5.74, 6) is 0.00750. The lowest BCUT2D eigenvalue weighted by Gasteiger charge is -2.16. The summed E-state index contributed by atoms with van der Waals surface area (Å²) in [6, 6.07) is 6.39. The van der Waals surface area contributed by atoms with Gasteiger partial charge < -0.3 is 5.73 Å². The summed E-state index contributed by atoms with van der Waals surface area (Å²) in [7, 11) is 0. The number of allylic oxidation sites excluding steroid dienone is 2. The number of carbonyl (C=O) groups excluding carboxylic acids is 2. The number of hydrogen-bond donors (Lipinski definition) is 1. The summed E-state index contributed by atoms with van der Waals surface area (Å²) < 4.78 is 0. The molecule has 2 N–H and O–H groups in total. The van der Waals surface area contributed by atoms with Crippen molar-refractivity contribution in [1.82, 2.24) is 0 Å². The Bertz CT molecular complexity index is 548. The largest absolute Gasteiger partial charge is 0.351 e. The average molecular weight is 302 g/mol. The van der Waals surface area contributed by atoms with E-state index in [9.17, 15) is 9.59 Å². The van der Waals surface area contributed by atoms with Crippen LogP contribution in [-0.2, 0) is 0 Å². The predicted octanol–water partition coefficient (Wildman–Crippen LogP) is 4.67. The van der Waals surface area contributed by atoms with E-state index in [4.69, 9.17) is 5.73 Å². The van der Waals surface area contributed by atoms with E-state index in [0.29, 0.717) is 17.7 Å². The van der Waals surface area contributed by atoms with Gasteiger partial charge in [-0.3, -0.25) is 9.69 Å². The van der Waals surface area contributed by atoms with Gasteiger partial charge in [-0.25, -0.2) is 4.79 Å². The van der Waals surface area contributed by atoms with Gasteiger partial charge in [-0.2, -0.15) is 0 Å². The number of nitrogens with zero attached hydrogens (tertiary/aromatic N) is 1. The Labute approximate surface area is 133 Å². The molecule has 2 amide bonds. The van der Waals surface area contributed by atoms with Crippen LogP contribution in [0.15, 0.2) is 48.7 Å². The van der Waals surface area contributed by atoms with Gasteiger partial charge in [-0.15, -0.1) is 6.58 Å². The minimum absolute atomic E-state index is 0.00750. The molecule has 1 aliphatic rings. The summed E-state index contributed by atoms with van der Waals surface area (Å²) in [5.41, 5.74) is 7.20. The molecule has 0 aliphatic carbocycles. The quantitative estimate of drug-likeness (QED) is 0.766. The number of anilines is 1. The monoisotopic (exact) mass is 302 g/mol. The van der Waals surface area contributed by atoms with Crippen molar-refractivity contribution >= 4 is 17.5 Å². The molecule has 1 aromatic rings. The van der Waals surface area contributed by atoms with Crippen LogP contribution >= 0.6 is 0 Å². The van der Waals surface area contributed by atoms with Crippen molar-refractivity contribution in [2.45, 2.75) is 40.5 Å². The van der Waals surface area contributed by atoms with E-state index in [1.807, 2.05) is 19.9 Å². The van der Waals surface area contributed by atoms with Gasteiger partial charge >= 0.3 is 6.03 Å². The maximum atomic E-state index is 11.9. The first-order valence-corrected chi connectivity index (χ1v) is 7.50. The van der Waals surface area contributed by atoms with Crippen LogP contribution in [0.25, 0.3) is 0 Å². The fourth-order valence-corrected chi connectivity index (χ4v) is 1.79. The van der Waals surface area contributed by atoms with E-state index in [-0.39, 0.29) is 5.78 Å². The highest BCUT2D eigenvalue weighted by atomic mass is 16.2. The molecule has 0 aromatic heterocycles. The zero-order chi connectivity index (χ0) is 17.1. The van der Waals surface area contributed by atoms with Crippen molar-refractivity contribution in [3.63, 3.8) is 0 Å². The maximum Gasteiger partial charge on any atom is 0.323 e. The number of rotatable bonds is 1. The Morgan fingerprint density at radius 2 is 1.91 bits per heavy atom. The van der Waals surface area contributed by atoms with Crippen molar-refractivity contribution < 1.29 is 9.59 Å². The van der Waals surface area contributed by atoms with Gasteiger partial charge in [-0.05, 0) is 31.1 Å². The summed E-state index contributed by atoms with van der Waals surface area (Å²) >= 11 is 0. The van der Waals surface area contributed by atoms with E-state index in [1.165, 1.54) is 4.90 Å². The van der Waals surface area contributed by atoms with Crippen LogP contribution in [-0.4, -0.2) is 11.8 Å². The topological polar surface area (TPSA) is 63.4 Å². The van der Waals surface area contributed by atoms with Gasteiger partial charge in [-0.1, -0.05) is 39.0 Å². The summed E-state index contributed by atoms with van der Waals surface area (Å²) in [6.07, 6.45) is 4.90. The zero-order valence-corrected chi connectivity index (χ0v) is 13.9. The SMILES string of the molecule is C=CCC.CC.CC1=CN(C(N)=O)c2ccccc2C(=O)C1. The van der Waals surface area contributed by atoms with E-state index in [0.717, 1.165) is 12.0 Å². The van der Waals surface area contributed by atoms with Gasteiger partial charge in [0.2, 0.25) is 0 Å². The minimum atomic E-state index is -0.582. The molecule has 22 heavy (non-hydrogen) atoms. The Hall–Kier alpha value is -2.36. The van der Waals surface area contributed by atoms with E-state index in [2.05, 4.69) is 13.5 Å². The van der Waals surface area contributed by atoms with Gasteiger partial charge in [0.05, 0.1) is 5.69 Å². The second kappa shape index (κ2) is 10.4. The molecule has 0 saturated heterocycles. The van der Waals surface area contributed by atoms with Crippen LogP contribution in [0.1, 0.15) is 50.9 Å². The standard InChI is InChI=1S/C12H12N2O2.C4H8.C2H6/c1-8-6-11(15)9-4-2-3-5-10(9)14(7-8)12(13)16;1-3-4-2;1-2/h2-5,7H,6H2,1H3,(H2,13,16);3H,1,4H2,2H3;1-2H3. The van der Waals surface area contributed by atoms with Crippen LogP contribution in [0.4, 0.5) is 10.5 Å². The molecule has 1 heterocycles. The van der Waals surface area contributed by atoms with Crippen molar-refractivity contribution in [2.75, 3.05) is 4.90 Å². The van der Waals surface area contributed by atoms with E-state index >= 15 is 0 Å². The third kappa shape index (κ3) is 5.56. The molecular formula is C18H26N2O2. The molecule has 1 aliphatic heterocycles. The summed E-state index contributed by atoms with van der Waals surface area (Å²) in [6.45, 7) is 11.3. The third-order valence-corrected chi connectivity index (χ3v) is 2.78. The van der Waals surface area contributed by atoms with Crippen LogP contribution < -0.4 is 10.6 Å². The van der Waals surface area contributed by atoms with Crippen molar-refractivity contribution in [1.29, 1.82) is 0 Å². The highest BCUT2D eigenvalue weighted by Gasteiger charge is 2.22. The van der Waals surface area contributed by atoms with Crippen LogP contribution in [0.5, 0.6) is 0 Å². The average Bonchev–Trinajstić information content (AvgIpc) is 2.66. The molecule has 0 spiro atoms. The molecule has 0 radical (unpaired) electrons. The van der Waals surface area contributed by atoms with Crippen LogP contribution in [0.3, 0.4) is 0 Å². The fourth-order valence-electron chi connectivity index (χ4n) is 1.79. The first-order valence-electron chi connectivity index (χ1n) is 7.50. The number of Topliss-reactive ketones (excluding diaryl/α,β-unsaturated/α-hetero) is 1.